The van der Waals surface area contributed by atoms with Gasteiger partial charge in [-0.25, -0.2) is 9.97 Å². The number of nitrogens with zero attached hydrogens (tertiary/aromatic N) is 2. The first kappa shape index (κ1) is 14.0. The van der Waals surface area contributed by atoms with E-state index in [1.54, 1.807) is 11.8 Å². The topological polar surface area (TPSA) is 51.8 Å². The number of rotatable bonds is 3. The van der Waals surface area contributed by atoms with Crippen LogP contribution in [0.5, 0.6) is 0 Å². The number of benzene rings is 2. The van der Waals surface area contributed by atoms with Crippen LogP contribution in [-0.4, -0.2) is 16.2 Å². The fourth-order valence-electron chi connectivity index (χ4n) is 2.43. The van der Waals surface area contributed by atoms with Crippen LogP contribution in [0.1, 0.15) is 23.1 Å². The Kier molecular flexibility index (Phi) is 3.90. The molecule has 4 heteroatoms. The van der Waals surface area contributed by atoms with Crippen molar-refractivity contribution in [3.8, 4) is 0 Å². The molecule has 1 heterocycles. The van der Waals surface area contributed by atoms with Crippen molar-refractivity contribution in [2.45, 2.75) is 17.9 Å². The highest BCUT2D eigenvalue weighted by molar-refractivity contribution is 7.98. The molecule has 0 amide bonds. The Hall–Kier alpha value is -1.91. The van der Waals surface area contributed by atoms with Crippen LogP contribution in [0.3, 0.4) is 0 Å². The molecule has 0 fully saturated rings. The quantitative estimate of drug-likeness (QED) is 0.748. The van der Waals surface area contributed by atoms with Gasteiger partial charge in [-0.2, -0.15) is 0 Å². The molecule has 0 saturated heterocycles. The largest absolute Gasteiger partial charge is 0.319 e. The lowest BCUT2D eigenvalue weighted by Gasteiger charge is -2.15. The zero-order valence-corrected chi connectivity index (χ0v) is 12.9. The second-order valence-corrected chi connectivity index (χ2v) is 5.80. The van der Waals surface area contributed by atoms with E-state index in [-0.39, 0.29) is 6.04 Å². The molecule has 2 N–H and O–H groups in total. The molecule has 3 aromatic rings. The highest BCUT2D eigenvalue weighted by Gasteiger charge is 2.15. The SMILES string of the molecule is CSc1ccc(C(N)c2nc(C)nc3ccccc23)cc1. The summed E-state index contributed by atoms with van der Waals surface area (Å²) in [6, 6.07) is 16.1. The third-order valence-electron chi connectivity index (χ3n) is 3.51. The van der Waals surface area contributed by atoms with E-state index in [1.165, 1.54) is 4.90 Å². The maximum absolute atomic E-state index is 6.45. The van der Waals surface area contributed by atoms with Crippen LogP contribution in [-0.2, 0) is 0 Å². The second kappa shape index (κ2) is 5.84. The standard InChI is InChI=1S/C17H17N3S/c1-11-19-15-6-4-3-5-14(15)17(20-11)16(18)12-7-9-13(21-2)10-8-12/h3-10,16H,18H2,1-2H3. The lowest BCUT2D eigenvalue weighted by molar-refractivity contribution is 0.822. The molecule has 3 nitrogen and oxygen atoms in total. The summed E-state index contributed by atoms with van der Waals surface area (Å²) in [5.41, 5.74) is 9.34. The van der Waals surface area contributed by atoms with Crippen molar-refractivity contribution in [2.75, 3.05) is 6.26 Å². The molecule has 0 aliphatic carbocycles. The van der Waals surface area contributed by atoms with Gasteiger partial charge in [0.25, 0.3) is 0 Å². The summed E-state index contributed by atoms with van der Waals surface area (Å²) in [5.74, 6) is 0.750. The predicted octanol–water partition coefficient (Wildman–Crippen LogP) is 3.71. The van der Waals surface area contributed by atoms with Gasteiger partial charge in [0.05, 0.1) is 17.3 Å². The third-order valence-corrected chi connectivity index (χ3v) is 4.26. The average molecular weight is 295 g/mol. The van der Waals surface area contributed by atoms with E-state index < -0.39 is 0 Å². The summed E-state index contributed by atoms with van der Waals surface area (Å²) in [7, 11) is 0. The van der Waals surface area contributed by atoms with Crippen molar-refractivity contribution < 1.29 is 0 Å². The molecule has 1 aromatic heterocycles. The fourth-order valence-corrected chi connectivity index (χ4v) is 2.84. The number of nitrogens with two attached hydrogens (primary N) is 1. The molecule has 0 aliphatic heterocycles. The summed E-state index contributed by atoms with van der Waals surface area (Å²) in [6.07, 6.45) is 2.07. The summed E-state index contributed by atoms with van der Waals surface area (Å²) in [4.78, 5) is 10.3. The second-order valence-electron chi connectivity index (χ2n) is 4.92. The Balaban J connectivity index is 2.09. The van der Waals surface area contributed by atoms with Gasteiger partial charge in [0.2, 0.25) is 0 Å². The van der Waals surface area contributed by atoms with Gasteiger partial charge in [-0.15, -0.1) is 11.8 Å². The monoisotopic (exact) mass is 295 g/mol. The zero-order valence-electron chi connectivity index (χ0n) is 12.1. The van der Waals surface area contributed by atoms with E-state index in [4.69, 9.17) is 5.73 Å². The van der Waals surface area contributed by atoms with Crippen molar-refractivity contribution in [1.29, 1.82) is 0 Å². The van der Waals surface area contributed by atoms with Crippen LogP contribution in [0.2, 0.25) is 0 Å². The number of aromatic nitrogens is 2. The molecular formula is C17H17N3S. The normalized spacial score (nSPS) is 12.5. The molecule has 21 heavy (non-hydrogen) atoms. The molecule has 0 bridgehead atoms. The molecule has 0 spiro atoms. The molecule has 1 atom stereocenters. The predicted molar refractivity (Wildman–Crippen MR) is 88.5 cm³/mol. The van der Waals surface area contributed by atoms with Gasteiger partial charge >= 0.3 is 0 Å². The number of thioether (sulfide) groups is 1. The lowest BCUT2D eigenvalue weighted by atomic mass is 10.0. The summed E-state index contributed by atoms with van der Waals surface area (Å²) < 4.78 is 0. The van der Waals surface area contributed by atoms with Gasteiger partial charge in [-0.1, -0.05) is 30.3 Å². The highest BCUT2D eigenvalue weighted by Crippen LogP contribution is 2.26. The Morgan fingerprint density at radius 2 is 1.71 bits per heavy atom. The van der Waals surface area contributed by atoms with Crippen LogP contribution >= 0.6 is 11.8 Å². The minimum absolute atomic E-state index is 0.243. The van der Waals surface area contributed by atoms with E-state index in [0.29, 0.717) is 0 Å². The smallest absolute Gasteiger partial charge is 0.126 e. The van der Waals surface area contributed by atoms with Gasteiger partial charge in [-0.3, -0.25) is 0 Å². The van der Waals surface area contributed by atoms with Crippen LogP contribution in [0.15, 0.2) is 53.4 Å². The molecule has 0 aliphatic rings. The van der Waals surface area contributed by atoms with E-state index in [9.17, 15) is 0 Å². The summed E-state index contributed by atoms with van der Waals surface area (Å²) >= 11 is 1.72. The van der Waals surface area contributed by atoms with Crippen molar-refractivity contribution >= 4 is 22.7 Å². The number of hydrogen-bond acceptors (Lipinski definition) is 4. The van der Waals surface area contributed by atoms with Crippen molar-refractivity contribution in [2.24, 2.45) is 5.73 Å². The number of para-hydroxylation sites is 1. The Morgan fingerprint density at radius 1 is 1.00 bits per heavy atom. The van der Waals surface area contributed by atoms with Crippen LogP contribution in [0, 0.1) is 6.92 Å². The van der Waals surface area contributed by atoms with Gasteiger partial charge in [-0.05, 0) is 36.9 Å². The molecular weight excluding hydrogens is 278 g/mol. The molecule has 3 rings (SSSR count). The molecule has 0 saturated carbocycles. The van der Waals surface area contributed by atoms with Gasteiger partial charge in [0, 0.05) is 10.3 Å². The maximum atomic E-state index is 6.45. The van der Waals surface area contributed by atoms with Crippen molar-refractivity contribution in [1.82, 2.24) is 9.97 Å². The fraction of sp³-hybridized carbons (Fsp3) is 0.176. The first-order valence-corrected chi connectivity index (χ1v) is 8.04. The lowest BCUT2D eigenvalue weighted by Crippen LogP contribution is -2.15. The first-order valence-electron chi connectivity index (χ1n) is 6.82. The number of hydrogen-bond donors (Lipinski definition) is 1. The van der Waals surface area contributed by atoms with E-state index >= 15 is 0 Å². The average Bonchev–Trinajstić information content (AvgIpc) is 2.53. The maximum Gasteiger partial charge on any atom is 0.126 e. The molecule has 1 unspecified atom stereocenters. The van der Waals surface area contributed by atoms with E-state index in [2.05, 4.69) is 40.5 Å². The number of aryl methyl sites for hydroxylation is 1. The molecule has 106 valence electrons. The minimum atomic E-state index is -0.243. The van der Waals surface area contributed by atoms with Gasteiger partial charge in [0.1, 0.15) is 5.82 Å². The van der Waals surface area contributed by atoms with Gasteiger partial charge < -0.3 is 5.73 Å². The summed E-state index contributed by atoms with van der Waals surface area (Å²) in [6.45, 7) is 1.90. The van der Waals surface area contributed by atoms with E-state index in [1.807, 2.05) is 31.2 Å². The minimum Gasteiger partial charge on any atom is -0.319 e. The van der Waals surface area contributed by atoms with Crippen molar-refractivity contribution in [3.05, 3.63) is 65.6 Å². The first-order chi connectivity index (χ1) is 10.2. The molecule has 2 aromatic carbocycles. The zero-order chi connectivity index (χ0) is 14.8. The van der Waals surface area contributed by atoms with Gasteiger partial charge in [0.15, 0.2) is 0 Å². The third kappa shape index (κ3) is 2.77. The number of fused-ring (bicyclic) bond motifs is 1. The Labute approximate surface area is 128 Å². The Morgan fingerprint density at radius 3 is 2.43 bits per heavy atom. The Bertz CT molecular complexity index is 769. The van der Waals surface area contributed by atoms with E-state index in [0.717, 1.165) is 28.0 Å². The van der Waals surface area contributed by atoms with Crippen LogP contribution in [0.4, 0.5) is 0 Å². The summed E-state index contributed by atoms with van der Waals surface area (Å²) in [5, 5.41) is 1.02. The van der Waals surface area contributed by atoms with Crippen molar-refractivity contribution in [3.63, 3.8) is 0 Å². The van der Waals surface area contributed by atoms with Crippen LogP contribution < -0.4 is 5.73 Å². The van der Waals surface area contributed by atoms with Crippen LogP contribution in [0.25, 0.3) is 10.9 Å². The highest BCUT2D eigenvalue weighted by atomic mass is 32.2. The molecule has 0 radical (unpaired) electrons.